The van der Waals surface area contributed by atoms with Gasteiger partial charge in [-0.05, 0) is 17.7 Å². The number of carbonyl (C=O) groups is 2. The lowest BCUT2D eigenvalue weighted by atomic mass is 10.0. The van der Waals surface area contributed by atoms with Crippen LogP contribution in [0.2, 0.25) is 0 Å². The van der Waals surface area contributed by atoms with E-state index in [0.29, 0.717) is 5.56 Å². The molecule has 1 amide bonds. The van der Waals surface area contributed by atoms with Crippen LogP contribution in [0, 0.1) is 5.82 Å². The molecule has 2 atom stereocenters. The first-order valence-electron chi connectivity index (χ1n) is 6.47. The van der Waals surface area contributed by atoms with Crippen molar-refractivity contribution in [2.45, 2.75) is 24.1 Å². The third-order valence-electron chi connectivity index (χ3n) is 3.57. The first-order valence-corrected chi connectivity index (χ1v) is 8.07. The van der Waals surface area contributed by atoms with Crippen LogP contribution >= 0.6 is 0 Å². The largest absolute Gasteiger partial charge is 0.480 e. The maximum Gasteiger partial charge on any atom is 0.326 e. The quantitative estimate of drug-likeness (QED) is 0.769. The molecule has 2 rings (SSSR count). The number of nitrogens with zero attached hydrogens (tertiary/aromatic N) is 1. The maximum atomic E-state index is 13.2. The summed E-state index contributed by atoms with van der Waals surface area (Å²) in [7, 11) is -3.92. The summed E-state index contributed by atoms with van der Waals surface area (Å²) < 4.78 is 35.8. The van der Waals surface area contributed by atoms with Gasteiger partial charge in [-0.15, -0.1) is 0 Å². The Labute approximate surface area is 126 Å². The van der Waals surface area contributed by atoms with E-state index in [1.807, 2.05) is 0 Å². The fraction of sp³-hybridized carbons (Fsp3) is 0.385. The second kappa shape index (κ2) is 6.01. The fourth-order valence-corrected chi connectivity index (χ4v) is 3.18. The average molecular weight is 330 g/mol. The predicted octanol–water partition coefficient (Wildman–Crippen LogP) is -0.289. The van der Waals surface area contributed by atoms with Gasteiger partial charge in [0.25, 0.3) is 0 Å². The van der Waals surface area contributed by atoms with Gasteiger partial charge in [-0.1, -0.05) is 12.1 Å². The topological polar surface area (TPSA) is 118 Å². The van der Waals surface area contributed by atoms with Crippen molar-refractivity contribution in [3.8, 4) is 0 Å². The number of aliphatic carboxylic acids is 1. The highest BCUT2D eigenvalue weighted by atomic mass is 32.2. The van der Waals surface area contributed by atoms with Crippen LogP contribution in [0.25, 0.3) is 0 Å². The Morgan fingerprint density at radius 3 is 2.68 bits per heavy atom. The van der Waals surface area contributed by atoms with Crippen molar-refractivity contribution in [1.29, 1.82) is 0 Å². The standard InChI is InChI=1S/C13H15FN2O5S/c14-9-3-1-2-8(4-9)5-11(13(18)19)16-7-10(6-12(16)17)22(15,20)21/h1-4,10-11H,5-7H2,(H,18,19)(H2,15,20,21)/t10?,11-/m0/s1. The van der Waals surface area contributed by atoms with Crippen molar-refractivity contribution in [1.82, 2.24) is 4.90 Å². The Hall–Kier alpha value is -2.00. The van der Waals surface area contributed by atoms with Crippen LogP contribution < -0.4 is 5.14 Å². The van der Waals surface area contributed by atoms with Gasteiger partial charge < -0.3 is 10.0 Å². The second-order valence-corrected chi connectivity index (χ2v) is 6.99. The molecule has 1 unspecified atom stereocenters. The third kappa shape index (κ3) is 3.60. The van der Waals surface area contributed by atoms with Crippen LogP contribution in [0.15, 0.2) is 24.3 Å². The minimum atomic E-state index is -3.92. The van der Waals surface area contributed by atoms with Gasteiger partial charge in [0.2, 0.25) is 15.9 Å². The SMILES string of the molecule is NS(=O)(=O)C1CC(=O)N([C@@H](Cc2cccc(F)c2)C(=O)O)C1. The third-order valence-corrected chi connectivity index (χ3v) is 4.81. The van der Waals surface area contributed by atoms with Gasteiger partial charge in [0, 0.05) is 19.4 Å². The summed E-state index contributed by atoms with van der Waals surface area (Å²) in [6.45, 7) is -0.274. The first kappa shape index (κ1) is 16.4. The van der Waals surface area contributed by atoms with E-state index >= 15 is 0 Å². The molecule has 1 fully saturated rings. The number of rotatable bonds is 5. The van der Waals surface area contributed by atoms with E-state index < -0.39 is 39.0 Å². The summed E-state index contributed by atoms with van der Waals surface area (Å²) in [6, 6.07) is 4.10. The number of primary sulfonamides is 1. The predicted molar refractivity (Wildman–Crippen MR) is 74.8 cm³/mol. The second-order valence-electron chi connectivity index (χ2n) is 5.15. The fourth-order valence-electron chi connectivity index (χ4n) is 2.44. The van der Waals surface area contributed by atoms with Crippen molar-refractivity contribution in [3.05, 3.63) is 35.6 Å². The molecule has 0 saturated carbocycles. The highest BCUT2D eigenvalue weighted by Gasteiger charge is 2.41. The number of sulfonamides is 1. The van der Waals surface area contributed by atoms with Crippen LogP contribution in [0.3, 0.4) is 0 Å². The van der Waals surface area contributed by atoms with Crippen LogP contribution in [0.5, 0.6) is 0 Å². The first-order chi connectivity index (χ1) is 10.2. The van der Waals surface area contributed by atoms with Gasteiger partial charge in [-0.3, -0.25) is 4.79 Å². The Morgan fingerprint density at radius 1 is 1.50 bits per heavy atom. The lowest BCUT2D eigenvalue weighted by molar-refractivity contribution is -0.148. The molecular formula is C13H15FN2O5S. The van der Waals surface area contributed by atoms with Crippen molar-refractivity contribution in [2.24, 2.45) is 5.14 Å². The molecule has 120 valence electrons. The normalized spacial score (nSPS) is 20.2. The van der Waals surface area contributed by atoms with E-state index in [-0.39, 0.29) is 19.4 Å². The van der Waals surface area contributed by atoms with E-state index in [0.717, 1.165) is 4.90 Å². The molecule has 9 heteroatoms. The van der Waals surface area contributed by atoms with Crippen molar-refractivity contribution >= 4 is 21.9 Å². The Bertz CT molecular complexity index is 706. The van der Waals surface area contributed by atoms with E-state index in [4.69, 9.17) is 5.14 Å². The number of hydrogen-bond donors (Lipinski definition) is 2. The minimum absolute atomic E-state index is 0.115. The van der Waals surface area contributed by atoms with Gasteiger partial charge in [-0.2, -0.15) is 0 Å². The molecule has 22 heavy (non-hydrogen) atoms. The Kier molecular flexibility index (Phi) is 4.47. The summed E-state index contributed by atoms with van der Waals surface area (Å²) in [4.78, 5) is 24.3. The summed E-state index contributed by atoms with van der Waals surface area (Å²) in [5, 5.41) is 13.2. The Balaban J connectivity index is 2.22. The number of amides is 1. The van der Waals surface area contributed by atoms with Gasteiger partial charge in [0.15, 0.2) is 0 Å². The smallest absolute Gasteiger partial charge is 0.326 e. The molecule has 1 heterocycles. The maximum absolute atomic E-state index is 13.2. The summed E-state index contributed by atoms with van der Waals surface area (Å²) in [5.74, 6) is -2.40. The molecule has 3 N–H and O–H groups in total. The molecule has 1 aliphatic rings. The summed E-state index contributed by atoms with van der Waals surface area (Å²) in [5.41, 5.74) is 0.402. The average Bonchev–Trinajstić information content (AvgIpc) is 2.77. The zero-order valence-electron chi connectivity index (χ0n) is 11.5. The molecule has 1 aliphatic heterocycles. The van der Waals surface area contributed by atoms with E-state index in [9.17, 15) is 27.5 Å². The van der Waals surface area contributed by atoms with Crippen LogP contribution in [0.4, 0.5) is 4.39 Å². The number of carboxylic acid groups (broad SMARTS) is 1. The van der Waals surface area contributed by atoms with Crippen LogP contribution in [0.1, 0.15) is 12.0 Å². The Morgan fingerprint density at radius 2 is 2.18 bits per heavy atom. The van der Waals surface area contributed by atoms with E-state index in [1.54, 1.807) is 0 Å². The monoisotopic (exact) mass is 330 g/mol. The molecule has 1 aromatic rings. The lowest BCUT2D eigenvalue weighted by Crippen LogP contribution is -2.44. The molecule has 0 spiro atoms. The van der Waals surface area contributed by atoms with E-state index in [1.165, 1.54) is 24.3 Å². The molecule has 1 saturated heterocycles. The molecule has 0 bridgehead atoms. The number of halogens is 1. The number of carboxylic acids is 1. The van der Waals surface area contributed by atoms with Gasteiger partial charge >= 0.3 is 5.97 Å². The number of carbonyl (C=O) groups excluding carboxylic acids is 1. The molecule has 0 aromatic heterocycles. The molecule has 0 aliphatic carbocycles. The minimum Gasteiger partial charge on any atom is -0.480 e. The molecule has 1 aromatic carbocycles. The summed E-state index contributed by atoms with van der Waals surface area (Å²) in [6.07, 6.45) is -0.456. The van der Waals surface area contributed by atoms with Crippen molar-refractivity contribution < 1.29 is 27.5 Å². The van der Waals surface area contributed by atoms with Gasteiger partial charge in [0.05, 0.1) is 0 Å². The molecule has 0 radical (unpaired) electrons. The molecule has 7 nitrogen and oxygen atoms in total. The number of nitrogens with two attached hydrogens (primary N) is 1. The zero-order chi connectivity index (χ0) is 16.5. The summed E-state index contributed by atoms with van der Waals surface area (Å²) >= 11 is 0. The number of likely N-dealkylation sites (tertiary alicyclic amines) is 1. The zero-order valence-corrected chi connectivity index (χ0v) is 12.3. The molecular weight excluding hydrogens is 315 g/mol. The number of hydrogen-bond acceptors (Lipinski definition) is 4. The van der Waals surface area contributed by atoms with Gasteiger partial charge in [-0.25, -0.2) is 22.7 Å². The van der Waals surface area contributed by atoms with Gasteiger partial charge in [0.1, 0.15) is 17.1 Å². The van der Waals surface area contributed by atoms with E-state index in [2.05, 4.69) is 0 Å². The lowest BCUT2D eigenvalue weighted by Gasteiger charge is -2.24. The van der Waals surface area contributed by atoms with Crippen molar-refractivity contribution in [3.63, 3.8) is 0 Å². The number of benzene rings is 1. The van der Waals surface area contributed by atoms with Crippen LogP contribution in [-0.2, 0) is 26.0 Å². The van der Waals surface area contributed by atoms with Crippen molar-refractivity contribution in [2.75, 3.05) is 6.54 Å². The highest BCUT2D eigenvalue weighted by molar-refractivity contribution is 7.89. The van der Waals surface area contributed by atoms with Crippen LogP contribution in [-0.4, -0.2) is 48.1 Å². The highest BCUT2D eigenvalue weighted by Crippen LogP contribution is 2.21.